The number of aryl methyl sites for hydroxylation is 1. The van der Waals surface area contributed by atoms with Crippen LogP contribution >= 0.6 is 0 Å². The number of nitrogens with zero attached hydrogens (tertiary/aromatic N) is 3. The highest BCUT2D eigenvalue weighted by Crippen LogP contribution is 2.29. The Kier molecular flexibility index (Phi) is 5.32. The largest absolute Gasteiger partial charge is 0.372 e. The monoisotopic (exact) mass is 363 g/mol. The first-order valence-corrected chi connectivity index (χ1v) is 9.52. The molecule has 5 heteroatoms. The highest BCUT2D eigenvalue weighted by molar-refractivity contribution is 5.53. The summed E-state index contributed by atoms with van der Waals surface area (Å²) in [5.74, 6) is 1.21. The molecule has 140 valence electrons. The van der Waals surface area contributed by atoms with Crippen molar-refractivity contribution < 1.29 is 9.26 Å². The van der Waals surface area contributed by atoms with Crippen LogP contribution in [0.1, 0.15) is 42.4 Å². The van der Waals surface area contributed by atoms with Crippen molar-refractivity contribution in [3.8, 4) is 11.5 Å². The van der Waals surface area contributed by atoms with Gasteiger partial charge < -0.3 is 9.26 Å². The second-order valence-corrected chi connectivity index (χ2v) is 7.04. The maximum atomic E-state index is 6.16. The Morgan fingerprint density at radius 1 is 1.04 bits per heavy atom. The zero-order valence-electron chi connectivity index (χ0n) is 15.8. The van der Waals surface area contributed by atoms with Gasteiger partial charge in [-0.15, -0.1) is 0 Å². The Labute approximate surface area is 160 Å². The van der Waals surface area contributed by atoms with Crippen LogP contribution in [0.2, 0.25) is 0 Å². The lowest BCUT2D eigenvalue weighted by Gasteiger charge is -2.27. The summed E-state index contributed by atoms with van der Waals surface area (Å²) in [5, 5.41) is 3.85. The Bertz CT molecular complexity index is 861. The fourth-order valence-electron chi connectivity index (χ4n) is 3.64. The van der Waals surface area contributed by atoms with Gasteiger partial charge in [-0.1, -0.05) is 47.6 Å². The van der Waals surface area contributed by atoms with E-state index in [1.54, 1.807) is 0 Å². The fourth-order valence-corrected chi connectivity index (χ4v) is 3.64. The first kappa shape index (κ1) is 17.9. The molecule has 27 heavy (non-hydrogen) atoms. The summed E-state index contributed by atoms with van der Waals surface area (Å²) >= 11 is 0. The van der Waals surface area contributed by atoms with Crippen molar-refractivity contribution in [1.29, 1.82) is 0 Å². The topological polar surface area (TPSA) is 51.4 Å². The molecule has 4 rings (SSSR count). The van der Waals surface area contributed by atoms with Crippen LogP contribution in [0, 0.1) is 6.92 Å². The van der Waals surface area contributed by atoms with E-state index in [1.807, 2.05) is 19.1 Å². The molecule has 2 aromatic carbocycles. The van der Waals surface area contributed by atoms with Crippen LogP contribution in [0.15, 0.2) is 59.1 Å². The third-order valence-electron chi connectivity index (χ3n) is 5.26. The van der Waals surface area contributed by atoms with E-state index in [9.17, 15) is 0 Å². The van der Waals surface area contributed by atoms with E-state index in [0.29, 0.717) is 17.8 Å². The molecule has 1 aliphatic heterocycles. The Morgan fingerprint density at radius 3 is 2.52 bits per heavy atom. The van der Waals surface area contributed by atoms with Crippen LogP contribution < -0.4 is 0 Å². The van der Waals surface area contributed by atoms with Gasteiger partial charge in [-0.05, 0) is 43.5 Å². The van der Waals surface area contributed by atoms with Crippen LogP contribution in [-0.4, -0.2) is 34.7 Å². The third-order valence-corrected chi connectivity index (χ3v) is 5.26. The lowest BCUT2D eigenvalue weighted by molar-refractivity contribution is 0.0605. The average Bonchev–Trinajstić information content (AvgIpc) is 3.00. The van der Waals surface area contributed by atoms with Crippen LogP contribution in [0.25, 0.3) is 11.5 Å². The van der Waals surface area contributed by atoms with Gasteiger partial charge in [0.25, 0.3) is 5.89 Å². The van der Waals surface area contributed by atoms with Gasteiger partial charge in [0.15, 0.2) is 5.82 Å². The molecule has 2 atom stereocenters. The fraction of sp³-hybridized carbons (Fsp3) is 0.364. The van der Waals surface area contributed by atoms with Crippen molar-refractivity contribution in [2.75, 3.05) is 19.7 Å². The molecule has 0 bridgehead atoms. The first-order chi connectivity index (χ1) is 13.2. The second kappa shape index (κ2) is 8.03. The lowest BCUT2D eigenvalue weighted by atomic mass is 10.0. The number of hydrogen-bond acceptors (Lipinski definition) is 5. The van der Waals surface area contributed by atoms with Gasteiger partial charge in [-0.2, -0.15) is 4.98 Å². The van der Waals surface area contributed by atoms with Gasteiger partial charge in [-0.25, -0.2) is 0 Å². The van der Waals surface area contributed by atoms with Gasteiger partial charge in [0.05, 0.1) is 12.7 Å². The van der Waals surface area contributed by atoms with Crippen molar-refractivity contribution in [2.45, 2.75) is 32.4 Å². The SMILES string of the molecule is Cc1noc(-c2ccc(C3CCN([C@H](C)c4ccccc4)CCO3)cc2)n1. The summed E-state index contributed by atoms with van der Waals surface area (Å²) in [6.07, 6.45) is 1.10. The molecule has 1 unspecified atom stereocenters. The summed E-state index contributed by atoms with van der Waals surface area (Å²) in [4.78, 5) is 6.79. The molecular weight excluding hydrogens is 338 g/mol. The molecule has 3 aromatic rings. The first-order valence-electron chi connectivity index (χ1n) is 9.52. The molecule has 1 aliphatic rings. The minimum absolute atomic E-state index is 0.122. The van der Waals surface area contributed by atoms with Gasteiger partial charge in [0.1, 0.15) is 0 Å². The number of hydrogen-bond donors (Lipinski definition) is 0. The number of aromatic nitrogens is 2. The Hall–Kier alpha value is -2.50. The molecule has 5 nitrogen and oxygen atoms in total. The highest BCUT2D eigenvalue weighted by atomic mass is 16.5. The second-order valence-electron chi connectivity index (χ2n) is 7.04. The van der Waals surface area contributed by atoms with Crippen molar-refractivity contribution >= 4 is 0 Å². The van der Waals surface area contributed by atoms with E-state index < -0.39 is 0 Å². The summed E-state index contributed by atoms with van der Waals surface area (Å²) in [6, 6.07) is 19.4. The highest BCUT2D eigenvalue weighted by Gasteiger charge is 2.23. The minimum Gasteiger partial charge on any atom is -0.372 e. The molecule has 0 radical (unpaired) electrons. The zero-order valence-corrected chi connectivity index (χ0v) is 15.8. The lowest BCUT2D eigenvalue weighted by Crippen LogP contribution is -2.29. The molecule has 1 saturated heterocycles. The van der Waals surface area contributed by atoms with E-state index in [1.165, 1.54) is 11.1 Å². The average molecular weight is 363 g/mol. The van der Waals surface area contributed by atoms with Crippen LogP contribution in [-0.2, 0) is 4.74 Å². The van der Waals surface area contributed by atoms with Crippen molar-refractivity contribution in [2.24, 2.45) is 0 Å². The van der Waals surface area contributed by atoms with Gasteiger partial charge in [0, 0.05) is 24.7 Å². The number of benzene rings is 2. The summed E-state index contributed by atoms with van der Waals surface area (Å²) < 4.78 is 11.4. The van der Waals surface area contributed by atoms with Crippen LogP contribution in [0.5, 0.6) is 0 Å². The van der Waals surface area contributed by atoms with Crippen molar-refractivity contribution in [3.05, 3.63) is 71.5 Å². The minimum atomic E-state index is 0.122. The molecular formula is C22H25N3O2. The Morgan fingerprint density at radius 2 is 1.81 bits per heavy atom. The molecule has 0 spiro atoms. The predicted octanol–water partition coefficient (Wildman–Crippen LogP) is 4.57. The smallest absolute Gasteiger partial charge is 0.257 e. The van der Waals surface area contributed by atoms with Gasteiger partial charge in [-0.3, -0.25) is 4.90 Å². The molecule has 0 aliphatic carbocycles. The zero-order chi connectivity index (χ0) is 18.6. The molecule has 0 amide bonds. The van der Waals surface area contributed by atoms with E-state index in [0.717, 1.165) is 31.7 Å². The Balaban J connectivity index is 1.42. The van der Waals surface area contributed by atoms with E-state index in [-0.39, 0.29) is 6.10 Å². The molecule has 1 fully saturated rings. The van der Waals surface area contributed by atoms with Crippen molar-refractivity contribution in [1.82, 2.24) is 15.0 Å². The van der Waals surface area contributed by atoms with Crippen LogP contribution in [0.4, 0.5) is 0 Å². The maximum Gasteiger partial charge on any atom is 0.257 e. The summed E-state index contributed by atoms with van der Waals surface area (Å²) in [5.41, 5.74) is 3.49. The molecule has 0 N–H and O–H groups in total. The third kappa shape index (κ3) is 4.10. The molecule has 2 heterocycles. The summed E-state index contributed by atoms with van der Waals surface area (Å²) in [7, 11) is 0. The summed E-state index contributed by atoms with van der Waals surface area (Å²) in [6.45, 7) is 6.81. The van der Waals surface area contributed by atoms with Crippen LogP contribution in [0.3, 0.4) is 0 Å². The quantitative estimate of drug-likeness (QED) is 0.680. The van der Waals surface area contributed by atoms with Gasteiger partial charge >= 0.3 is 0 Å². The van der Waals surface area contributed by atoms with E-state index in [4.69, 9.17) is 9.26 Å². The van der Waals surface area contributed by atoms with E-state index >= 15 is 0 Å². The van der Waals surface area contributed by atoms with E-state index in [2.05, 4.69) is 64.4 Å². The number of ether oxygens (including phenoxy) is 1. The molecule has 1 aromatic heterocycles. The van der Waals surface area contributed by atoms with Crippen molar-refractivity contribution in [3.63, 3.8) is 0 Å². The normalized spacial score (nSPS) is 19.6. The van der Waals surface area contributed by atoms with Gasteiger partial charge in [0.2, 0.25) is 0 Å². The predicted molar refractivity (Wildman–Crippen MR) is 104 cm³/mol. The standard InChI is InChI=1S/C22H25N3O2/c1-16(18-6-4-3-5-7-18)25-13-12-21(26-15-14-25)19-8-10-20(11-9-19)22-23-17(2)24-27-22/h3-11,16,21H,12-15H2,1-2H3/t16-,21?/m1/s1. The number of rotatable bonds is 4. The molecule has 0 saturated carbocycles. The maximum absolute atomic E-state index is 6.16.